The van der Waals surface area contributed by atoms with Crippen molar-refractivity contribution in [1.82, 2.24) is 14.7 Å². The van der Waals surface area contributed by atoms with E-state index in [-0.39, 0.29) is 6.03 Å². The Morgan fingerprint density at radius 3 is 2.28 bits per heavy atom. The van der Waals surface area contributed by atoms with Crippen molar-refractivity contribution in [2.75, 3.05) is 40.3 Å². The first-order valence-electron chi connectivity index (χ1n) is 7.28. The zero-order chi connectivity index (χ0) is 13.1. The highest BCUT2D eigenvalue weighted by atomic mass is 16.2. The topological polar surface area (TPSA) is 26.8 Å². The Labute approximate surface area is 111 Å². The number of hydrogen-bond acceptors (Lipinski definition) is 2. The molecule has 2 rings (SSSR count). The van der Waals surface area contributed by atoms with E-state index in [1.54, 1.807) is 0 Å². The summed E-state index contributed by atoms with van der Waals surface area (Å²) in [5, 5.41) is 0. The van der Waals surface area contributed by atoms with Crippen LogP contribution in [0.2, 0.25) is 0 Å². The number of amides is 2. The van der Waals surface area contributed by atoms with E-state index < -0.39 is 0 Å². The summed E-state index contributed by atoms with van der Waals surface area (Å²) in [4.78, 5) is 18.9. The van der Waals surface area contributed by atoms with Gasteiger partial charge in [-0.15, -0.1) is 0 Å². The van der Waals surface area contributed by atoms with Crippen LogP contribution < -0.4 is 0 Å². The number of carbonyl (C=O) groups is 1. The minimum Gasteiger partial charge on any atom is -0.324 e. The molecule has 104 valence electrons. The Morgan fingerprint density at radius 2 is 1.67 bits per heavy atom. The smallest absolute Gasteiger partial charge is 0.320 e. The molecule has 2 saturated heterocycles. The Kier molecular flexibility index (Phi) is 4.49. The third-order valence-corrected chi connectivity index (χ3v) is 4.32. The lowest BCUT2D eigenvalue weighted by Gasteiger charge is -2.40. The summed E-state index contributed by atoms with van der Waals surface area (Å²) in [6, 6.07) is 0.804. The molecule has 2 unspecified atom stereocenters. The third-order valence-electron chi connectivity index (χ3n) is 4.32. The molecule has 4 nitrogen and oxygen atoms in total. The number of urea groups is 1. The predicted octanol–water partition coefficient (Wildman–Crippen LogP) is 1.86. The van der Waals surface area contributed by atoms with Crippen molar-refractivity contribution < 1.29 is 4.79 Å². The minimum atomic E-state index is 0.271. The Hall–Kier alpha value is -0.770. The monoisotopic (exact) mass is 253 g/mol. The highest BCUT2D eigenvalue weighted by Crippen LogP contribution is 2.20. The van der Waals surface area contributed by atoms with E-state index in [0.29, 0.717) is 12.0 Å². The molecule has 2 fully saturated rings. The third kappa shape index (κ3) is 3.16. The normalized spacial score (nSPS) is 29.8. The molecule has 0 N–H and O–H groups in total. The second-order valence-corrected chi connectivity index (χ2v) is 6.18. The molecule has 4 heteroatoms. The van der Waals surface area contributed by atoms with Gasteiger partial charge in [-0.2, -0.15) is 0 Å². The van der Waals surface area contributed by atoms with E-state index in [0.717, 1.165) is 39.0 Å². The lowest BCUT2D eigenvalue weighted by molar-refractivity contribution is 0.100. The molecule has 0 bridgehead atoms. The van der Waals surface area contributed by atoms with Crippen LogP contribution in [0.15, 0.2) is 0 Å². The van der Waals surface area contributed by atoms with Crippen LogP contribution >= 0.6 is 0 Å². The number of nitrogens with zero attached hydrogens (tertiary/aromatic N) is 3. The fourth-order valence-corrected chi connectivity index (χ4v) is 3.11. The fourth-order valence-electron chi connectivity index (χ4n) is 3.11. The van der Waals surface area contributed by atoms with Gasteiger partial charge in [0.15, 0.2) is 0 Å². The Bertz CT molecular complexity index is 293. The van der Waals surface area contributed by atoms with Crippen molar-refractivity contribution in [3.8, 4) is 0 Å². The van der Waals surface area contributed by atoms with Gasteiger partial charge in [-0.3, -0.25) is 0 Å². The molecule has 0 aromatic heterocycles. The first-order chi connectivity index (χ1) is 8.58. The first-order valence-corrected chi connectivity index (χ1v) is 7.28. The average Bonchev–Trinajstić information content (AvgIpc) is 2.38. The van der Waals surface area contributed by atoms with Crippen LogP contribution in [-0.4, -0.2) is 67.0 Å². The van der Waals surface area contributed by atoms with Crippen molar-refractivity contribution in [2.24, 2.45) is 5.92 Å². The van der Waals surface area contributed by atoms with Crippen molar-refractivity contribution in [2.45, 2.75) is 38.6 Å². The molecule has 0 radical (unpaired) electrons. The predicted molar refractivity (Wildman–Crippen MR) is 73.6 cm³/mol. The number of hydrogen-bond donors (Lipinski definition) is 0. The summed E-state index contributed by atoms with van der Waals surface area (Å²) < 4.78 is 0. The maximum absolute atomic E-state index is 12.5. The number of likely N-dealkylation sites (tertiary alicyclic amines) is 2. The quantitative estimate of drug-likeness (QED) is 0.713. The Morgan fingerprint density at radius 1 is 1.06 bits per heavy atom. The van der Waals surface area contributed by atoms with E-state index >= 15 is 0 Å². The van der Waals surface area contributed by atoms with E-state index in [2.05, 4.69) is 35.7 Å². The molecule has 0 spiro atoms. The summed E-state index contributed by atoms with van der Waals surface area (Å²) in [7, 11) is 4.23. The lowest BCUT2D eigenvalue weighted by Crippen LogP contribution is -2.53. The summed E-state index contributed by atoms with van der Waals surface area (Å²) >= 11 is 0. The van der Waals surface area contributed by atoms with Crippen LogP contribution in [0.5, 0.6) is 0 Å². The molecule has 0 aromatic rings. The van der Waals surface area contributed by atoms with Gasteiger partial charge in [0.2, 0.25) is 0 Å². The van der Waals surface area contributed by atoms with Gasteiger partial charge in [0.1, 0.15) is 0 Å². The molecule has 0 saturated carbocycles. The molecule has 2 heterocycles. The van der Waals surface area contributed by atoms with Gasteiger partial charge in [-0.1, -0.05) is 6.92 Å². The molecular formula is C14H27N3O. The number of carbonyl (C=O) groups excluding carboxylic acids is 1. The minimum absolute atomic E-state index is 0.271. The maximum atomic E-state index is 12.5. The van der Waals surface area contributed by atoms with E-state index in [1.807, 2.05) is 0 Å². The second kappa shape index (κ2) is 5.91. The summed E-state index contributed by atoms with van der Waals surface area (Å²) in [6.45, 7) is 5.98. The second-order valence-electron chi connectivity index (χ2n) is 6.18. The number of piperidine rings is 2. The number of likely N-dealkylation sites (N-methyl/N-ethyl adjacent to an activating group) is 1. The molecule has 2 amide bonds. The summed E-state index contributed by atoms with van der Waals surface area (Å²) in [5.74, 6) is 0.664. The average molecular weight is 253 g/mol. The fraction of sp³-hybridized carbons (Fsp3) is 0.929. The standard InChI is InChI=1S/C14H27N3O/c1-12-6-4-8-16(10-12)14(18)17-9-5-7-13(11-17)15(2)3/h12-13H,4-11H2,1-3H3. The molecule has 0 aliphatic carbocycles. The van der Waals surface area contributed by atoms with Gasteiger partial charge < -0.3 is 14.7 Å². The maximum Gasteiger partial charge on any atom is 0.320 e. The molecule has 2 atom stereocenters. The van der Waals surface area contributed by atoms with E-state index in [9.17, 15) is 4.79 Å². The van der Waals surface area contributed by atoms with Crippen LogP contribution in [0.1, 0.15) is 32.6 Å². The van der Waals surface area contributed by atoms with Gasteiger partial charge >= 0.3 is 6.03 Å². The van der Waals surface area contributed by atoms with Crippen molar-refractivity contribution in [1.29, 1.82) is 0 Å². The highest BCUT2D eigenvalue weighted by Gasteiger charge is 2.29. The van der Waals surface area contributed by atoms with Gasteiger partial charge in [0.05, 0.1) is 0 Å². The highest BCUT2D eigenvalue weighted by molar-refractivity contribution is 5.74. The van der Waals surface area contributed by atoms with Crippen molar-refractivity contribution in [3.05, 3.63) is 0 Å². The molecular weight excluding hydrogens is 226 g/mol. The van der Waals surface area contributed by atoms with Crippen LogP contribution in [0.25, 0.3) is 0 Å². The van der Waals surface area contributed by atoms with Gasteiger partial charge in [-0.25, -0.2) is 4.79 Å². The zero-order valence-corrected chi connectivity index (χ0v) is 12.1. The van der Waals surface area contributed by atoms with Gasteiger partial charge in [0.25, 0.3) is 0 Å². The molecule has 18 heavy (non-hydrogen) atoms. The van der Waals surface area contributed by atoms with Crippen molar-refractivity contribution >= 4 is 6.03 Å². The van der Waals surface area contributed by atoms with E-state index in [1.165, 1.54) is 12.8 Å². The van der Waals surface area contributed by atoms with Gasteiger partial charge in [0, 0.05) is 32.2 Å². The lowest BCUT2D eigenvalue weighted by atomic mass is 10.0. The van der Waals surface area contributed by atoms with E-state index in [4.69, 9.17) is 0 Å². The SMILES string of the molecule is CC1CCCN(C(=O)N2CCCC(N(C)C)C2)C1. The summed E-state index contributed by atoms with van der Waals surface area (Å²) in [6.07, 6.45) is 4.78. The largest absolute Gasteiger partial charge is 0.324 e. The van der Waals surface area contributed by atoms with Gasteiger partial charge in [-0.05, 0) is 45.7 Å². The molecule has 2 aliphatic rings. The molecule has 0 aromatic carbocycles. The van der Waals surface area contributed by atoms with Crippen LogP contribution in [-0.2, 0) is 0 Å². The Balaban J connectivity index is 1.91. The first kappa shape index (κ1) is 13.7. The van der Waals surface area contributed by atoms with Crippen LogP contribution in [0, 0.1) is 5.92 Å². The number of rotatable bonds is 1. The van der Waals surface area contributed by atoms with Crippen LogP contribution in [0.4, 0.5) is 4.79 Å². The van der Waals surface area contributed by atoms with Crippen LogP contribution in [0.3, 0.4) is 0 Å². The van der Waals surface area contributed by atoms with Crippen molar-refractivity contribution in [3.63, 3.8) is 0 Å². The zero-order valence-electron chi connectivity index (χ0n) is 12.1. The molecule has 2 aliphatic heterocycles. The summed E-state index contributed by atoms with van der Waals surface area (Å²) in [5.41, 5.74) is 0.